The molecule has 1 amide bonds. The summed E-state index contributed by atoms with van der Waals surface area (Å²) in [6, 6.07) is 16.8. The number of rotatable bonds is 10. The van der Waals surface area contributed by atoms with Gasteiger partial charge in [0.25, 0.3) is 0 Å². The number of carbonyl (C=O) groups is 2. The Morgan fingerprint density at radius 2 is 1.80 bits per heavy atom. The topological polar surface area (TPSA) is 84.9 Å². The average Bonchev–Trinajstić information content (AvgIpc) is 2.84. The lowest BCUT2D eigenvalue weighted by Gasteiger charge is -2.14. The van der Waals surface area contributed by atoms with E-state index in [0.29, 0.717) is 31.6 Å². The maximum absolute atomic E-state index is 12.4. The normalized spacial score (nSPS) is 11.8. The summed E-state index contributed by atoms with van der Waals surface area (Å²) in [5, 5.41) is 12.9. The molecular weight excluding hydrogens is 557 g/mol. The molecule has 0 saturated heterocycles. The number of benzene rings is 3. The molecule has 0 spiro atoms. The lowest BCUT2D eigenvalue weighted by Crippen LogP contribution is -2.41. The van der Waals surface area contributed by atoms with Crippen molar-refractivity contribution in [1.82, 2.24) is 5.32 Å². The number of carboxylic acids is 1. The quantitative estimate of drug-likeness (QED) is 0.281. The molecule has 35 heavy (non-hydrogen) atoms. The maximum Gasteiger partial charge on any atom is 0.326 e. The summed E-state index contributed by atoms with van der Waals surface area (Å²) in [6.07, 6.45) is 3.02. The molecule has 2 N–H and O–H groups in total. The first-order valence-corrected chi connectivity index (χ1v) is 12.0. The summed E-state index contributed by atoms with van der Waals surface area (Å²) in [6.45, 7) is 0.238. The lowest BCUT2D eigenvalue weighted by atomic mass is 10.1. The van der Waals surface area contributed by atoms with Crippen LogP contribution < -0.4 is 14.8 Å². The smallest absolute Gasteiger partial charge is 0.326 e. The monoisotopic (exact) mass is 577 g/mol. The van der Waals surface area contributed by atoms with Gasteiger partial charge >= 0.3 is 5.97 Å². The van der Waals surface area contributed by atoms with Crippen LogP contribution in [0.5, 0.6) is 11.5 Å². The molecular formula is C26H22BrCl2NO5. The fraction of sp³-hybridized carbons (Fsp3) is 0.154. The standard InChI is InChI=1S/C26H22BrCl2NO5/c1-34-23-14-17(11-19(27)25(23)35-15-18-7-9-20(28)21(29)12-18)8-10-24(31)30-22(26(32)33)13-16-5-3-2-4-6-16/h2-12,14,22H,13,15H2,1H3,(H,30,31)(H,32,33)/b10-8+/t22-/m0/s1. The van der Waals surface area contributed by atoms with E-state index in [9.17, 15) is 14.7 Å². The molecule has 182 valence electrons. The van der Waals surface area contributed by atoms with E-state index in [1.54, 1.807) is 30.3 Å². The van der Waals surface area contributed by atoms with Gasteiger partial charge < -0.3 is 19.9 Å². The predicted octanol–water partition coefficient (Wildman–Crippen LogP) is 6.17. The van der Waals surface area contributed by atoms with Crippen molar-refractivity contribution < 1.29 is 24.2 Å². The largest absolute Gasteiger partial charge is 0.493 e. The van der Waals surface area contributed by atoms with Crippen LogP contribution in [0.3, 0.4) is 0 Å². The summed E-state index contributed by atoms with van der Waals surface area (Å²) >= 11 is 15.5. The Kier molecular flexibility index (Phi) is 9.60. The lowest BCUT2D eigenvalue weighted by molar-refractivity contribution is -0.141. The second kappa shape index (κ2) is 12.6. The van der Waals surface area contributed by atoms with Crippen molar-refractivity contribution in [3.63, 3.8) is 0 Å². The third kappa shape index (κ3) is 7.75. The minimum Gasteiger partial charge on any atom is -0.493 e. The number of methoxy groups -OCH3 is 1. The third-order valence-corrected chi connectivity index (χ3v) is 6.27. The molecule has 0 aliphatic heterocycles. The van der Waals surface area contributed by atoms with Crippen LogP contribution in [0.4, 0.5) is 0 Å². The number of halogens is 3. The number of aliphatic carboxylic acids is 1. The number of carbonyl (C=O) groups excluding carboxylic acids is 1. The third-order valence-electron chi connectivity index (χ3n) is 4.94. The SMILES string of the molecule is COc1cc(/C=C/C(=O)N[C@@H](Cc2ccccc2)C(=O)O)cc(Br)c1OCc1ccc(Cl)c(Cl)c1. The van der Waals surface area contributed by atoms with Gasteiger partial charge in [0.2, 0.25) is 5.91 Å². The first-order chi connectivity index (χ1) is 16.8. The maximum atomic E-state index is 12.4. The summed E-state index contributed by atoms with van der Waals surface area (Å²) in [5.41, 5.74) is 2.30. The van der Waals surface area contributed by atoms with E-state index in [0.717, 1.165) is 11.1 Å². The molecule has 0 aromatic heterocycles. The van der Waals surface area contributed by atoms with Crippen LogP contribution in [-0.4, -0.2) is 30.1 Å². The van der Waals surface area contributed by atoms with E-state index in [1.807, 2.05) is 36.4 Å². The molecule has 0 unspecified atom stereocenters. The van der Waals surface area contributed by atoms with Crippen LogP contribution in [-0.2, 0) is 22.6 Å². The molecule has 0 saturated carbocycles. The van der Waals surface area contributed by atoms with Gasteiger partial charge in [0.1, 0.15) is 12.6 Å². The molecule has 9 heteroatoms. The molecule has 0 aliphatic carbocycles. The summed E-state index contributed by atoms with van der Waals surface area (Å²) in [7, 11) is 1.51. The summed E-state index contributed by atoms with van der Waals surface area (Å²) in [5.74, 6) is -0.701. The highest BCUT2D eigenvalue weighted by Crippen LogP contribution is 2.37. The number of hydrogen-bond donors (Lipinski definition) is 2. The van der Waals surface area contributed by atoms with Crippen LogP contribution in [0.15, 0.2) is 71.2 Å². The fourth-order valence-corrected chi connectivity index (χ4v) is 4.10. The van der Waals surface area contributed by atoms with E-state index in [-0.39, 0.29) is 13.0 Å². The van der Waals surface area contributed by atoms with Gasteiger partial charge in [0, 0.05) is 12.5 Å². The van der Waals surface area contributed by atoms with Crippen LogP contribution >= 0.6 is 39.1 Å². The van der Waals surface area contributed by atoms with E-state index < -0.39 is 17.9 Å². The van der Waals surface area contributed by atoms with E-state index in [1.165, 1.54) is 13.2 Å². The van der Waals surface area contributed by atoms with Gasteiger partial charge in [-0.1, -0.05) is 59.6 Å². The van der Waals surface area contributed by atoms with Gasteiger partial charge in [-0.15, -0.1) is 0 Å². The zero-order valence-electron chi connectivity index (χ0n) is 18.6. The highest BCUT2D eigenvalue weighted by atomic mass is 79.9. The minimum atomic E-state index is -1.11. The van der Waals surface area contributed by atoms with E-state index >= 15 is 0 Å². The van der Waals surface area contributed by atoms with Crippen molar-refractivity contribution in [2.75, 3.05) is 7.11 Å². The summed E-state index contributed by atoms with van der Waals surface area (Å²) in [4.78, 5) is 24.0. The molecule has 1 atom stereocenters. The van der Waals surface area contributed by atoms with Gasteiger partial charge in [-0.3, -0.25) is 4.79 Å². The first-order valence-electron chi connectivity index (χ1n) is 10.5. The number of hydrogen-bond acceptors (Lipinski definition) is 4. The van der Waals surface area contributed by atoms with Gasteiger partial charge in [0.15, 0.2) is 11.5 Å². The average molecular weight is 579 g/mol. The van der Waals surface area contributed by atoms with Crippen LogP contribution in [0.25, 0.3) is 6.08 Å². The Labute approximate surface area is 221 Å². The number of ether oxygens (including phenoxy) is 2. The molecule has 3 aromatic rings. The van der Waals surface area contributed by atoms with Crippen LogP contribution in [0.2, 0.25) is 10.0 Å². The second-order valence-corrected chi connectivity index (χ2v) is 9.16. The van der Waals surface area contributed by atoms with Crippen molar-refractivity contribution >= 4 is 57.1 Å². The second-order valence-electron chi connectivity index (χ2n) is 7.49. The molecule has 0 radical (unpaired) electrons. The zero-order valence-corrected chi connectivity index (χ0v) is 21.7. The van der Waals surface area contributed by atoms with Crippen LogP contribution in [0.1, 0.15) is 16.7 Å². The van der Waals surface area contributed by atoms with E-state index in [2.05, 4.69) is 21.2 Å². The van der Waals surface area contributed by atoms with Gasteiger partial charge in [0.05, 0.1) is 21.6 Å². The number of amides is 1. The zero-order chi connectivity index (χ0) is 25.4. The molecule has 3 rings (SSSR count). The minimum absolute atomic E-state index is 0.181. The Morgan fingerprint density at radius 3 is 2.46 bits per heavy atom. The van der Waals surface area contributed by atoms with Crippen molar-refractivity contribution in [3.05, 3.63) is 97.9 Å². The fourth-order valence-electron chi connectivity index (χ4n) is 3.20. The molecule has 0 fully saturated rings. The molecule has 0 bridgehead atoms. The van der Waals surface area contributed by atoms with Gasteiger partial charge in [-0.05, 0) is 63.0 Å². The Bertz CT molecular complexity index is 1230. The molecule has 0 heterocycles. The summed E-state index contributed by atoms with van der Waals surface area (Å²) < 4.78 is 12.0. The van der Waals surface area contributed by atoms with Gasteiger partial charge in [-0.2, -0.15) is 0 Å². The van der Waals surface area contributed by atoms with Crippen molar-refractivity contribution in [1.29, 1.82) is 0 Å². The van der Waals surface area contributed by atoms with Crippen molar-refractivity contribution in [3.8, 4) is 11.5 Å². The van der Waals surface area contributed by atoms with Gasteiger partial charge in [-0.25, -0.2) is 4.79 Å². The first kappa shape index (κ1) is 26.6. The highest BCUT2D eigenvalue weighted by Gasteiger charge is 2.19. The Hall–Kier alpha value is -3.00. The Balaban J connectivity index is 1.68. The predicted molar refractivity (Wildman–Crippen MR) is 140 cm³/mol. The van der Waals surface area contributed by atoms with Crippen molar-refractivity contribution in [2.45, 2.75) is 19.1 Å². The van der Waals surface area contributed by atoms with E-state index in [4.69, 9.17) is 32.7 Å². The highest BCUT2D eigenvalue weighted by molar-refractivity contribution is 9.10. The number of nitrogens with one attached hydrogen (secondary N) is 1. The Morgan fingerprint density at radius 1 is 1.06 bits per heavy atom. The molecule has 3 aromatic carbocycles. The molecule has 0 aliphatic rings. The number of carboxylic acid groups (broad SMARTS) is 1. The van der Waals surface area contributed by atoms with Crippen LogP contribution in [0, 0.1) is 0 Å². The molecule has 6 nitrogen and oxygen atoms in total. The van der Waals surface area contributed by atoms with Crippen molar-refractivity contribution in [2.24, 2.45) is 0 Å².